The molecule has 0 fully saturated rings. The van der Waals surface area contributed by atoms with E-state index in [2.05, 4.69) is 17.4 Å². The fourth-order valence-electron chi connectivity index (χ4n) is 3.75. The number of hydrogen-bond acceptors (Lipinski definition) is 3. The first-order chi connectivity index (χ1) is 17.0. The maximum absolute atomic E-state index is 13.5. The van der Waals surface area contributed by atoms with Crippen LogP contribution in [0.15, 0.2) is 78.9 Å². The standard InChI is InChI=1S/C28H30Cl2N2O2S/c1-2-31-28(34)26(18-21-9-5-3-6-10-21)32(19-23-13-14-24(29)25(30)17-23)27(33)15-16-35-20-22-11-7-4-8-12-22/h3-14,17,26H,2,15-16,18-20H2,1H3,(H,31,34)/t26-/m0/s1. The van der Waals surface area contributed by atoms with Gasteiger partial charge >= 0.3 is 0 Å². The van der Waals surface area contributed by atoms with Crippen molar-refractivity contribution in [2.75, 3.05) is 12.3 Å². The number of carbonyl (C=O) groups excluding carboxylic acids is 2. The molecule has 1 atom stereocenters. The molecule has 0 spiro atoms. The van der Waals surface area contributed by atoms with E-state index in [0.717, 1.165) is 16.9 Å². The zero-order valence-corrected chi connectivity index (χ0v) is 22.1. The van der Waals surface area contributed by atoms with Gasteiger partial charge in [0.05, 0.1) is 10.0 Å². The summed E-state index contributed by atoms with van der Waals surface area (Å²) in [5, 5.41) is 3.79. The smallest absolute Gasteiger partial charge is 0.243 e. The lowest BCUT2D eigenvalue weighted by molar-refractivity contribution is -0.140. The number of thioether (sulfide) groups is 1. The van der Waals surface area contributed by atoms with Gasteiger partial charge in [-0.15, -0.1) is 0 Å². The Kier molecular flexibility index (Phi) is 11.0. The molecule has 0 saturated carbocycles. The number of carbonyl (C=O) groups is 2. The Labute approximate surface area is 222 Å². The maximum Gasteiger partial charge on any atom is 0.243 e. The van der Waals surface area contributed by atoms with Crippen LogP contribution < -0.4 is 5.32 Å². The van der Waals surface area contributed by atoms with Gasteiger partial charge in [0.2, 0.25) is 11.8 Å². The topological polar surface area (TPSA) is 49.4 Å². The third kappa shape index (κ3) is 8.60. The lowest BCUT2D eigenvalue weighted by Crippen LogP contribution is -2.50. The zero-order chi connectivity index (χ0) is 25.0. The molecule has 0 aliphatic carbocycles. The summed E-state index contributed by atoms with van der Waals surface area (Å²) in [4.78, 5) is 28.4. The van der Waals surface area contributed by atoms with Crippen LogP contribution in [0.4, 0.5) is 0 Å². The molecular formula is C28H30Cl2N2O2S. The summed E-state index contributed by atoms with van der Waals surface area (Å²) in [6.45, 7) is 2.64. The molecule has 184 valence electrons. The van der Waals surface area contributed by atoms with Crippen molar-refractivity contribution in [2.45, 2.75) is 38.1 Å². The average molecular weight is 530 g/mol. The van der Waals surface area contributed by atoms with Crippen LogP contribution >= 0.6 is 35.0 Å². The SMILES string of the molecule is CCNC(=O)[C@H](Cc1ccccc1)N(Cc1ccc(Cl)c(Cl)c1)C(=O)CCSCc1ccccc1. The van der Waals surface area contributed by atoms with Gasteiger partial charge in [-0.25, -0.2) is 0 Å². The molecular weight excluding hydrogens is 499 g/mol. The minimum Gasteiger partial charge on any atom is -0.355 e. The molecule has 2 amide bonds. The number of likely N-dealkylation sites (N-methyl/N-ethyl adjacent to an activating group) is 1. The summed E-state index contributed by atoms with van der Waals surface area (Å²) in [7, 11) is 0. The van der Waals surface area contributed by atoms with Crippen molar-refractivity contribution >= 4 is 46.8 Å². The van der Waals surface area contributed by atoms with Gasteiger partial charge in [0, 0.05) is 37.4 Å². The summed E-state index contributed by atoms with van der Waals surface area (Å²) in [6.07, 6.45) is 0.764. The Morgan fingerprint density at radius 1 is 0.886 bits per heavy atom. The van der Waals surface area contributed by atoms with Crippen LogP contribution in [0.3, 0.4) is 0 Å². The monoisotopic (exact) mass is 528 g/mol. The normalized spacial score (nSPS) is 11.6. The summed E-state index contributed by atoms with van der Waals surface area (Å²) in [6, 6.07) is 24.6. The van der Waals surface area contributed by atoms with Crippen molar-refractivity contribution in [3.05, 3.63) is 106 Å². The molecule has 0 unspecified atom stereocenters. The lowest BCUT2D eigenvalue weighted by atomic mass is 10.0. The van der Waals surface area contributed by atoms with Crippen molar-refractivity contribution in [2.24, 2.45) is 0 Å². The molecule has 3 aromatic carbocycles. The average Bonchev–Trinajstić information content (AvgIpc) is 2.87. The minimum atomic E-state index is -0.640. The highest BCUT2D eigenvalue weighted by molar-refractivity contribution is 7.98. The second-order valence-corrected chi connectivity index (χ2v) is 10.1. The number of amides is 2. The summed E-state index contributed by atoms with van der Waals surface area (Å²) >= 11 is 14.0. The van der Waals surface area contributed by atoms with E-state index in [0.29, 0.717) is 35.2 Å². The zero-order valence-electron chi connectivity index (χ0n) is 19.8. The molecule has 0 aliphatic rings. The molecule has 0 heterocycles. The van der Waals surface area contributed by atoms with Gasteiger partial charge in [-0.1, -0.05) is 89.9 Å². The van der Waals surface area contributed by atoms with Crippen molar-refractivity contribution in [1.29, 1.82) is 0 Å². The van der Waals surface area contributed by atoms with Crippen LogP contribution in [-0.4, -0.2) is 35.1 Å². The van der Waals surface area contributed by atoms with E-state index in [1.54, 1.807) is 28.8 Å². The predicted octanol–water partition coefficient (Wildman–Crippen LogP) is 6.39. The molecule has 0 radical (unpaired) electrons. The van der Waals surface area contributed by atoms with E-state index >= 15 is 0 Å². The van der Waals surface area contributed by atoms with Crippen LogP contribution in [0.1, 0.15) is 30.0 Å². The molecule has 3 rings (SSSR count). The second kappa shape index (κ2) is 14.2. The van der Waals surface area contributed by atoms with Crippen molar-refractivity contribution in [1.82, 2.24) is 10.2 Å². The van der Waals surface area contributed by atoms with Crippen LogP contribution in [-0.2, 0) is 28.3 Å². The Morgan fingerprint density at radius 2 is 1.54 bits per heavy atom. The van der Waals surface area contributed by atoms with Crippen LogP contribution in [0, 0.1) is 0 Å². The van der Waals surface area contributed by atoms with Crippen LogP contribution in [0.2, 0.25) is 10.0 Å². The fourth-order valence-corrected chi connectivity index (χ4v) is 4.96. The van der Waals surface area contributed by atoms with Gasteiger partial charge in [-0.3, -0.25) is 9.59 Å². The third-order valence-corrected chi connectivity index (χ3v) is 7.30. The molecule has 0 bridgehead atoms. The Balaban J connectivity index is 1.79. The summed E-state index contributed by atoms with van der Waals surface area (Å²) < 4.78 is 0. The van der Waals surface area contributed by atoms with Gasteiger partial charge < -0.3 is 10.2 Å². The van der Waals surface area contributed by atoms with Crippen molar-refractivity contribution in [3.63, 3.8) is 0 Å². The highest BCUT2D eigenvalue weighted by Gasteiger charge is 2.30. The highest BCUT2D eigenvalue weighted by atomic mass is 35.5. The first-order valence-electron chi connectivity index (χ1n) is 11.6. The summed E-state index contributed by atoms with van der Waals surface area (Å²) in [5.74, 6) is 1.27. The van der Waals surface area contributed by atoms with Gasteiger partial charge in [0.25, 0.3) is 0 Å². The molecule has 35 heavy (non-hydrogen) atoms. The lowest BCUT2D eigenvalue weighted by Gasteiger charge is -2.31. The van der Waals surface area contributed by atoms with E-state index in [4.69, 9.17) is 23.2 Å². The molecule has 7 heteroatoms. The predicted molar refractivity (Wildman–Crippen MR) is 147 cm³/mol. The maximum atomic E-state index is 13.5. The molecule has 1 N–H and O–H groups in total. The van der Waals surface area contributed by atoms with Crippen LogP contribution in [0.25, 0.3) is 0 Å². The fraction of sp³-hybridized carbons (Fsp3) is 0.286. The van der Waals surface area contributed by atoms with Crippen LogP contribution in [0.5, 0.6) is 0 Å². The third-order valence-electron chi connectivity index (χ3n) is 5.53. The van der Waals surface area contributed by atoms with Crippen molar-refractivity contribution in [3.8, 4) is 0 Å². The first-order valence-corrected chi connectivity index (χ1v) is 13.6. The number of hydrogen-bond donors (Lipinski definition) is 1. The van der Waals surface area contributed by atoms with Gasteiger partial charge in [0.1, 0.15) is 6.04 Å². The Bertz CT molecular complexity index is 1100. The summed E-state index contributed by atoms with van der Waals surface area (Å²) in [5.41, 5.74) is 3.04. The number of halogens is 2. The Hall–Kier alpha value is -2.47. The quantitative estimate of drug-likeness (QED) is 0.277. The largest absolute Gasteiger partial charge is 0.355 e. The number of rotatable bonds is 12. The van der Waals surface area contributed by atoms with Gasteiger partial charge in [-0.05, 0) is 35.7 Å². The first kappa shape index (κ1) is 27.1. The molecule has 3 aromatic rings. The van der Waals surface area contributed by atoms with E-state index in [1.807, 2.05) is 61.5 Å². The van der Waals surface area contributed by atoms with E-state index in [1.165, 1.54) is 5.56 Å². The second-order valence-electron chi connectivity index (χ2n) is 8.16. The molecule has 4 nitrogen and oxygen atoms in total. The number of nitrogens with one attached hydrogen (secondary N) is 1. The highest BCUT2D eigenvalue weighted by Crippen LogP contribution is 2.25. The number of benzene rings is 3. The minimum absolute atomic E-state index is 0.0659. The van der Waals surface area contributed by atoms with Crippen molar-refractivity contribution < 1.29 is 9.59 Å². The van der Waals surface area contributed by atoms with Gasteiger partial charge in [0.15, 0.2) is 0 Å². The molecule has 0 aromatic heterocycles. The molecule has 0 saturated heterocycles. The van der Waals surface area contributed by atoms with E-state index < -0.39 is 6.04 Å². The van der Waals surface area contributed by atoms with E-state index in [-0.39, 0.29) is 18.4 Å². The van der Waals surface area contributed by atoms with Gasteiger partial charge in [-0.2, -0.15) is 11.8 Å². The molecule has 0 aliphatic heterocycles. The van der Waals surface area contributed by atoms with E-state index in [9.17, 15) is 9.59 Å². The Morgan fingerprint density at radius 3 is 2.17 bits per heavy atom. The number of nitrogens with zero attached hydrogens (tertiary/aromatic N) is 1.